The Kier molecular flexibility index (Phi) is 4.43. The van der Waals surface area contributed by atoms with Gasteiger partial charge < -0.3 is 9.63 Å². The van der Waals surface area contributed by atoms with Gasteiger partial charge in [-0.15, -0.1) is 0 Å². The summed E-state index contributed by atoms with van der Waals surface area (Å²) in [5.41, 5.74) is 0.993. The third kappa shape index (κ3) is 3.54. The fourth-order valence-corrected chi connectivity index (χ4v) is 3.55. The van der Waals surface area contributed by atoms with Gasteiger partial charge in [0, 0.05) is 0 Å². The van der Waals surface area contributed by atoms with Gasteiger partial charge in [0.1, 0.15) is 5.69 Å². The number of carboxylic acid groups (broad SMARTS) is 1. The lowest BCUT2D eigenvalue weighted by atomic mass is 10.1. The smallest absolute Gasteiger partial charge is 0.335 e. The standard InChI is InChI=1S/C16H14N4O5S/c1-9-7-11(16(21)22)3-6-14(9)26(23,24)20-12-4-5-13(17-8-12)15-18-10(2)19-25-15/h3-8,20H,1-2H3,(H,21,22). The Morgan fingerprint density at radius 2 is 1.96 bits per heavy atom. The number of pyridine rings is 1. The fraction of sp³-hybridized carbons (Fsp3) is 0.125. The molecule has 0 aliphatic heterocycles. The maximum Gasteiger partial charge on any atom is 0.335 e. The average molecular weight is 374 g/mol. The second kappa shape index (κ2) is 6.56. The normalized spacial score (nSPS) is 11.3. The van der Waals surface area contributed by atoms with E-state index in [2.05, 4.69) is 19.8 Å². The first-order chi connectivity index (χ1) is 12.3. The summed E-state index contributed by atoms with van der Waals surface area (Å²) < 4.78 is 32.5. The van der Waals surface area contributed by atoms with Crippen LogP contribution in [0, 0.1) is 13.8 Å². The molecule has 0 atom stereocenters. The molecular weight excluding hydrogens is 360 g/mol. The van der Waals surface area contributed by atoms with Crippen molar-refractivity contribution in [2.24, 2.45) is 0 Å². The van der Waals surface area contributed by atoms with Crippen molar-refractivity contribution < 1.29 is 22.8 Å². The van der Waals surface area contributed by atoms with Crippen LogP contribution in [-0.2, 0) is 10.0 Å². The number of rotatable bonds is 5. The van der Waals surface area contributed by atoms with Crippen molar-refractivity contribution in [3.8, 4) is 11.6 Å². The molecule has 0 bridgehead atoms. The summed E-state index contributed by atoms with van der Waals surface area (Å²) in [6, 6.07) is 6.86. The lowest BCUT2D eigenvalue weighted by Gasteiger charge is -2.10. The van der Waals surface area contributed by atoms with Gasteiger partial charge in [0.05, 0.1) is 22.3 Å². The molecule has 2 aromatic heterocycles. The Labute approximate surface area is 148 Å². The molecule has 9 nitrogen and oxygen atoms in total. The minimum Gasteiger partial charge on any atom is -0.478 e. The van der Waals surface area contributed by atoms with Gasteiger partial charge in [0.2, 0.25) is 0 Å². The minimum absolute atomic E-state index is 0.0147. The summed E-state index contributed by atoms with van der Waals surface area (Å²) in [7, 11) is -3.89. The highest BCUT2D eigenvalue weighted by Gasteiger charge is 2.19. The zero-order chi connectivity index (χ0) is 18.9. The van der Waals surface area contributed by atoms with Crippen LogP contribution in [0.5, 0.6) is 0 Å². The maximum absolute atomic E-state index is 12.5. The molecule has 3 aromatic rings. The van der Waals surface area contributed by atoms with Crippen LogP contribution in [0.15, 0.2) is 45.9 Å². The van der Waals surface area contributed by atoms with Gasteiger partial charge in [0.25, 0.3) is 15.9 Å². The van der Waals surface area contributed by atoms with Crippen LogP contribution in [0.25, 0.3) is 11.6 Å². The van der Waals surface area contributed by atoms with Crippen molar-refractivity contribution in [3.05, 3.63) is 53.5 Å². The molecule has 1 aromatic carbocycles. The van der Waals surface area contributed by atoms with Crippen molar-refractivity contribution in [2.45, 2.75) is 18.7 Å². The number of carbonyl (C=O) groups is 1. The van der Waals surface area contributed by atoms with Crippen LogP contribution in [0.1, 0.15) is 21.7 Å². The first-order valence-electron chi connectivity index (χ1n) is 7.40. The zero-order valence-electron chi connectivity index (χ0n) is 13.8. The number of benzene rings is 1. The monoisotopic (exact) mass is 374 g/mol. The zero-order valence-corrected chi connectivity index (χ0v) is 14.6. The maximum atomic E-state index is 12.5. The van der Waals surface area contributed by atoms with E-state index in [9.17, 15) is 13.2 Å². The summed E-state index contributed by atoms with van der Waals surface area (Å²) in [6.07, 6.45) is 1.33. The Balaban J connectivity index is 1.84. The van der Waals surface area contributed by atoms with E-state index in [0.717, 1.165) is 0 Å². The number of nitrogens with one attached hydrogen (secondary N) is 1. The van der Waals surface area contributed by atoms with E-state index >= 15 is 0 Å². The van der Waals surface area contributed by atoms with Crippen molar-refractivity contribution >= 4 is 21.7 Å². The van der Waals surface area contributed by atoms with E-state index in [1.165, 1.54) is 37.4 Å². The molecule has 0 amide bonds. The number of anilines is 1. The molecule has 2 heterocycles. The molecule has 0 fully saturated rings. The lowest BCUT2D eigenvalue weighted by Crippen LogP contribution is -2.15. The Morgan fingerprint density at radius 3 is 2.50 bits per heavy atom. The number of aryl methyl sites for hydroxylation is 2. The van der Waals surface area contributed by atoms with Crippen molar-refractivity contribution in [1.29, 1.82) is 0 Å². The van der Waals surface area contributed by atoms with Gasteiger partial charge in [-0.1, -0.05) is 5.16 Å². The fourth-order valence-electron chi connectivity index (χ4n) is 2.28. The summed E-state index contributed by atoms with van der Waals surface area (Å²) in [4.78, 5) is 19.1. The highest BCUT2D eigenvalue weighted by atomic mass is 32.2. The molecule has 0 aliphatic rings. The van der Waals surface area contributed by atoms with E-state index < -0.39 is 16.0 Å². The number of carboxylic acids is 1. The van der Waals surface area contributed by atoms with E-state index in [0.29, 0.717) is 17.1 Å². The van der Waals surface area contributed by atoms with Crippen molar-refractivity contribution in [3.63, 3.8) is 0 Å². The molecule has 0 unspecified atom stereocenters. The molecule has 3 rings (SSSR count). The highest BCUT2D eigenvalue weighted by Crippen LogP contribution is 2.22. The van der Waals surface area contributed by atoms with Crippen LogP contribution in [0.2, 0.25) is 0 Å². The number of sulfonamides is 1. The number of hydrogen-bond acceptors (Lipinski definition) is 7. The van der Waals surface area contributed by atoms with Gasteiger partial charge in [-0.05, 0) is 49.7 Å². The van der Waals surface area contributed by atoms with Gasteiger partial charge in [-0.3, -0.25) is 4.72 Å². The van der Waals surface area contributed by atoms with Crippen molar-refractivity contribution in [1.82, 2.24) is 15.1 Å². The van der Waals surface area contributed by atoms with Crippen LogP contribution in [0.4, 0.5) is 5.69 Å². The van der Waals surface area contributed by atoms with E-state index in [4.69, 9.17) is 9.63 Å². The topological polar surface area (TPSA) is 135 Å². The average Bonchev–Trinajstić information content (AvgIpc) is 3.01. The predicted molar refractivity (Wildman–Crippen MR) is 91.2 cm³/mol. The first-order valence-corrected chi connectivity index (χ1v) is 8.88. The van der Waals surface area contributed by atoms with E-state index in [1.54, 1.807) is 13.0 Å². The Morgan fingerprint density at radius 1 is 1.19 bits per heavy atom. The second-order valence-electron chi connectivity index (χ2n) is 5.47. The lowest BCUT2D eigenvalue weighted by molar-refractivity contribution is 0.0696. The largest absolute Gasteiger partial charge is 0.478 e. The molecule has 0 aliphatic carbocycles. The van der Waals surface area contributed by atoms with Gasteiger partial charge in [-0.25, -0.2) is 18.2 Å². The molecule has 0 spiro atoms. The summed E-state index contributed by atoms with van der Waals surface area (Å²) >= 11 is 0. The number of hydrogen-bond donors (Lipinski definition) is 2. The predicted octanol–water partition coefficient (Wildman–Crippen LogP) is 2.25. The van der Waals surface area contributed by atoms with Gasteiger partial charge >= 0.3 is 5.97 Å². The molecular formula is C16H14N4O5S. The van der Waals surface area contributed by atoms with Crippen LogP contribution in [-0.4, -0.2) is 34.6 Å². The highest BCUT2D eigenvalue weighted by molar-refractivity contribution is 7.92. The quantitative estimate of drug-likeness (QED) is 0.694. The molecule has 134 valence electrons. The molecule has 26 heavy (non-hydrogen) atoms. The number of aromatic nitrogens is 3. The summed E-state index contributed by atoms with van der Waals surface area (Å²) in [5.74, 6) is -0.426. The molecule has 2 N–H and O–H groups in total. The van der Waals surface area contributed by atoms with E-state index in [1.807, 2.05) is 0 Å². The number of nitrogens with zero attached hydrogens (tertiary/aromatic N) is 3. The summed E-state index contributed by atoms with van der Waals surface area (Å²) in [6.45, 7) is 3.20. The second-order valence-corrected chi connectivity index (χ2v) is 7.12. The summed E-state index contributed by atoms with van der Waals surface area (Å²) in [5, 5.41) is 12.6. The van der Waals surface area contributed by atoms with Gasteiger partial charge in [0.15, 0.2) is 5.82 Å². The van der Waals surface area contributed by atoms with E-state index in [-0.39, 0.29) is 22.0 Å². The third-order valence-electron chi connectivity index (χ3n) is 3.47. The third-order valence-corrected chi connectivity index (χ3v) is 5.02. The molecule has 0 saturated heterocycles. The van der Waals surface area contributed by atoms with Crippen LogP contribution < -0.4 is 4.72 Å². The first kappa shape index (κ1) is 17.5. The molecule has 0 saturated carbocycles. The molecule has 0 radical (unpaired) electrons. The Bertz CT molecular complexity index is 1070. The Hall–Kier alpha value is -3.27. The van der Waals surface area contributed by atoms with Crippen LogP contribution >= 0.6 is 0 Å². The number of aromatic carboxylic acids is 1. The molecule has 10 heteroatoms. The SMILES string of the molecule is Cc1noc(-c2ccc(NS(=O)(=O)c3ccc(C(=O)O)cc3C)cn2)n1. The van der Waals surface area contributed by atoms with Gasteiger partial charge in [-0.2, -0.15) is 4.98 Å². The minimum atomic E-state index is -3.89. The van der Waals surface area contributed by atoms with Crippen LogP contribution in [0.3, 0.4) is 0 Å². The van der Waals surface area contributed by atoms with Crippen molar-refractivity contribution in [2.75, 3.05) is 4.72 Å².